The van der Waals surface area contributed by atoms with E-state index in [2.05, 4.69) is 15.6 Å². The van der Waals surface area contributed by atoms with Crippen molar-refractivity contribution in [3.05, 3.63) is 23.4 Å². The molecule has 0 saturated carbocycles. The molecular formula is C13H16N4O3. The van der Waals surface area contributed by atoms with Crippen LogP contribution < -0.4 is 10.6 Å². The van der Waals surface area contributed by atoms with Crippen molar-refractivity contribution in [1.29, 1.82) is 0 Å². The van der Waals surface area contributed by atoms with E-state index in [1.54, 1.807) is 19.1 Å². The predicted octanol–water partition coefficient (Wildman–Crippen LogP) is -0.0796. The third-order valence-electron chi connectivity index (χ3n) is 2.79. The van der Waals surface area contributed by atoms with Gasteiger partial charge in [-0.2, -0.15) is 0 Å². The zero-order valence-corrected chi connectivity index (χ0v) is 11.4. The topological polar surface area (TPSA) is 91.4 Å². The summed E-state index contributed by atoms with van der Waals surface area (Å²) in [6.07, 6.45) is 0. The van der Waals surface area contributed by atoms with Crippen molar-refractivity contribution in [2.45, 2.75) is 13.8 Å². The Balaban J connectivity index is 2.24. The molecule has 7 nitrogen and oxygen atoms in total. The minimum atomic E-state index is -0.465. The number of amides is 3. The molecule has 1 aliphatic rings. The van der Waals surface area contributed by atoms with Gasteiger partial charge in [0.15, 0.2) is 0 Å². The minimum Gasteiger partial charge on any atom is -0.370 e. The maximum Gasteiger partial charge on any atom is 0.254 e. The second-order valence-corrected chi connectivity index (χ2v) is 4.55. The Morgan fingerprint density at radius 1 is 1.35 bits per heavy atom. The molecule has 3 amide bonds. The van der Waals surface area contributed by atoms with Crippen LogP contribution in [0.5, 0.6) is 0 Å². The summed E-state index contributed by atoms with van der Waals surface area (Å²) in [4.78, 5) is 40.4. The Labute approximate surface area is 116 Å². The lowest BCUT2D eigenvalue weighted by Gasteiger charge is -2.25. The van der Waals surface area contributed by atoms with Crippen LogP contribution in [0.3, 0.4) is 0 Å². The summed E-state index contributed by atoms with van der Waals surface area (Å²) in [6, 6.07) is 3.26. The zero-order chi connectivity index (χ0) is 14.7. The van der Waals surface area contributed by atoms with Gasteiger partial charge in [0.1, 0.15) is 18.9 Å². The van der Waals surface area contributed by atoms with E-state index in [0.717, 1.165) is 0 Å². The molecule has 2 heterocycles. The number of pyridine rings is 1. The molecule has 0 radical (unpaired) electrons. The van der Waals surface area contributed by atoms with E-state index in [9.17, 15) is 14.4 Å². The lowest BCUT2D eigenvalue weighted by Crippen LogP contribution is -2.53. The third-order valence-corrected chi connectivity index (χ3v) is 2.79. The second kappa shape index (κ2) is 5.68. The predicted molar refractivity (Wildman–Crippen MR) is 72.2 cm³/mol. The van der Waals surface area contributed by atoms with Gasteiger partial charge in [-0.1, -0.05) is 0 Å². The minimum absolute atomic E-state index is 0.109. The number of hydrogen-bond acceptors (Lipinski definition) is 5. The highest BCUT2D eigenvalue weighted by Gasteiger charge is 2.27. The first-order valence-corrected chi connectivity index (χ1v) is 6.34. The fraction of sp³-hybridized carbons (Fsp3) is 0.385. The molecule has 0 spiro atoms. The molecule has 1 fully saturated rings. The molecule has 2 N–H and O–H groups in total. The normalized spacial score (nSPS) is 15.0. The van der Waals surface area contributed by atoms with Crippen LogP contribution >= 0.6 is 0 Å². The van der Waals surface area contributed by atoms with Gasteiger partial charge in [0.05, 0.1) is 0 Å². The van der Waals surface area contributed by atoms with Crippen LogP contribution in [0.4, 0.5) is 5.82 Å². The van der Waals surface area contributed by atoms with Crippen molar-refractivity contribution in [3.8, 4) is 0 Å². The molecule has 1 aromatic heterocycles. The van der Waals surface area contributed by atoms with Crippen molar-refractivity contribution in [2.24, 2.45) is 0 Å². The summed E-state index contributed by atoms with van der Waals surface area (Å²) in [6.45, 7) is 4.19. The fourth-order valence-corrected chi connectivity index (χ4v) is 2.03. The van der Waals surface area contributed by atoms with Crippen LogP contribution in [-0.2, 0) is 9.59 Å². The average molecular weight is 276 g/mol. The van der Waals surface area contributed by atoms with E-state index in [0.29, 0.717) is 23.6 Å². The number of imide groups is 1. The van der Waals surface area contributed by atoms with E-state index < -0.39 is 11.8 Å². The van der Waals surface area contributed by atoms with E-state index in [1.165, 1.54) is 4.90 Å². The maximum atomic E-state index is 12.3. The van der Waals surface area contributed by atoms with Gasteiger partial charge in [0, 0.05) is 17.8 Å². The number of carbonyl (C=O) groups is 3. The highest BCUT2D eigenvalue weighted by atomic mass is 16.2. The lowest BCUT2D eigenvalue weighted by molar-refractivity contribution is -0.135. The van der Waals surface area contributed by atoms with Gasteiger partial charge >= 0.3 is 0 Å². The number of hydrogen-bond donors (Lipinski definition) is 2. The Morgan fingerprint density at radius 3 is 2.60 bits per heavy atom. The van der Waals surface area contributed by atoms with Gasteiger partial charge < -0.3 is 10.2 Å². The van der Waals surface area contributed by atoms with Crippen molar-refractivity contribution in [1.82, 2.24) is 15.2 Å². The number of anilines is 1. The zero-order valence-electron chi connectivity index (χ0n) is 11.4. The van der Waals surface area contributed by atoms with Crippen LogP contribution in [0.25, 0.3) is 0 Å². The Hall–Kier alpha value is -2.44. The third kappa shape index (κ3) is 3.11. The summed E-state index contributed by atoms with van der Waals surface area (Å²) in [5, 5.41) is 5.20. The van der Waals surface area contributed by atoms with Crippen LogP contribution in [0.1, 0.15) is 23.0 Å². The van der Waals surface area contributed by atoms with Crippen LogP contribution in [0, 0.1) is 6.92 Å². The smallest absolute Gasteiger partial charge is 0.254 e. The molecule has 1 aromatic rings. The molecule has 20 heavy (non-hydrogen) atoms. The van der Waals surface area contributed by atoms with Crippen LogP contribution in [0.2, 0.25) is 0 Å². The van der Waals surface area contributed by atoms with E-state index in [4.69, 9.17) is 0 Å². The van der Waals surface area contributed by atoms with E-state index >= 15 is 0 Å². The van der Waals surface area contributed by atoms with Gasteiger partial charge in [-0.15, -0.1) is 0 Å². The SMILES string of the molecule is CCNc1cc(C(=O)N2CC(=O)NC(=O)C2)cc(C)n1. The summed E-state index contributed by atoms with van der Waals surface area (Å²) in [7, 11) is 0. The maximum absolute atomic E-state index is 12.3. The monoisotopic (exact) mass is 276 g/mol. The molecule has 106 valence electrons. The van der Waals surface area contributed by atoms with Crippen molar-refractivity contribution >= 4 is 23.5 Å². The fourth-order valence-electron chi connectivity index (χ4n) is 2.03. The Bertz CT molecular complexity index is 555. The summed E-state index contributed by atoms with van der Waals surface area (Å²) in [5.41, 5.74) is 1.11. The number of aromatic nitrogens is 1. The van der Waals surface area contributed by atoms with Gasteiger partial charge in [-0.25, -0.2) is 4.98 Å². The first-order chi connectivity index (χ1) is 9.49. The van der Waals surface area contributed by atoms with Gasteiger partial charge in [0.25, 0.3) is 5.91 Å². The molecule has 0 unspecified atom stereocenters. The summed E-state index contributed by atoms with van der Waals surface area (Å²) < 4.78 is 0. The Kier molecular flexibility index (Phi) is 3.97. The molecule has 2 rings (SSSR count). The van der Waals surface area contributed by atoms with Crippen molar-refractivity contribution in [3.63, 3.8) is 0 Å². The standard InChI is InChI=1S/C13H16N4O3/c1-3-14-10-5-9(4-8(2)15-10)13(20)17-6-11(18)16-12(19)7-17/h4-5H,3,6-7H2,1-2H3,(H,14,15)(H,16,18,19). The van der Waals surface area contributed by atoms with Gasteiger partial charge in [0.2, 0.25) is 11.8 Å². The molecular weight excluding hydrogens is 260 g/mol. The van der Waals surface area contributed by atoms with Crippen molar-refractivity contribution < 1.29 is 14.4 Å². The van der Waals surface area contributed by atoms with E-state index in [1.807, 2.05) is 6.92 Å². The molecule has 1 aliphatic heterocycles. The molecule has 0 atom stereocenters. The summed E-state index contributed by atoms with van der Waals surface area (Å²) in [5.74, 6) is -0.680. The number of nitrogens with zero attached hydrogens (tertiary/aromatic N) is 2. The largest absolute Gasteiger partial charge is 0.370 e. The highest BCUT2D eigenvalue weighted by Crippen LogP contribution is 2.13. The first-order valence-electron chi connectivity index (χ1n) is 6.34. The van der Waals surface area contributed by atoms with Gasteiger partial charge in [-0.05, 0) is 26.0 Å². The number of carbonyl (C=O) groups excluding carboxylic acids is 3. The molecule has 7 heteroatoms. The molecule has 1 saturated heterocycles. The quantitative estimate of drug-likeness (QED) is 0.753. The van der Waals surface area contributed by atoms with Crippen LogP contribution in [-0.4, -0.2) is 47.2 Å². The number of nitrogens with one attached hydrogen (secondary N) is 2. The number of rotatable bonds is 3. The van der Waals surface area contributed by atoms with E-state index in [-0.39, 0.29) is 19.0 Å². The first kappa shape index (κ1) is 14.0. The average Bonchev–Trinajstić information content (AvgIpc) is 2.36. The number of piperazine rings is 1. The van der Waals surface area contributed by atoms with Gasteiger partial charge in [-0.3, -0.25) is 19.7 Å². The molecule has 0 aromatic carbocycles. The molecule has 0 aliphatic carbocycles. The summed E-state index contributed by atoms with van der Waals surface area (Å²) >= 11 is 0. The second-order valence-electron chi connectivity index (χ2n) is 4.55. The molecule has 0 bridgehead atoms. The lowest BCUT2D eigenvalue weighted by atomic mass is 10.2. The van der Waals surface area contributed by atoms with Crippen molar-refractivity contribution in [2.75, 3.05) is 25.0 Å². The highest BCUT2D eigenvalue weighted by molar-refractivity contribution is 6.05. The number of aryl methyl sites for hydroxylation is 1. The Morgan fingerprint density at radius 2 is 2.00 bits per heavy atom. The van der Waals surface area contributed by atoms with Crippen LogP contribution in [0.15, 0.2) is 12.1 Å².